The molecule has 2 atom stereocenters. The Labute approximate surface area is 158 Å². The Morgan fingerprint density at radius 1 is 1.08 bits per heavy atom. The van der Waals surface area contributed by atoms with Crippen LogP contribution in [0.3, 0.4) is 0 Å². The predicted octanol–water partition coefficient (Wildman–Crippen LogP) is 6.46. The van der Waals surface area contributed by atoms with Gasteiger partial charge >= 0.3 is 0 Å². The van der Waals surface area contributed by atoms with Crippen LogP contribution in [0, 0.1) is 11.8 Å². The number of allylic oxidation sites excluding steroid dienone is 1. The van der Waals surface area contributed by atoms with Crippen molar-refractivity contribution in [2.75, 3.05) is 0 Å². The smallest absolute Gasteiger partial charge is 0.192 e. The Balaban J connectivity index is 4.37. The number of aliphatic hydroxyl groups is 1. The fourth-order valence-corrected chi connectivity index (χ4v) is 3.87. The van der Waals surface area contributed by atoms with Crippen molar-refractivity contribution in [3.63, 3.8) is 0 Å². The molecule has 0 radical (unpaired) electrons. The van der Waals surface area contributed by atoms with Crippen molar-refractivity contribution in [1.82, 2.24) is 0 Å². The normalized spacial score (nSPS) is 14.5. The number of rotatable bonds is 12. The van der Waals surface area contributed by atoms with Crippen molar-refractivity contribution < 1.29 is 9.53 Å². The van der Waals surface area contributed by atoms with Crippen LogP contribution in [-0.2, 0) is 4.43 Å². The monoisotopic (exact) mass is 366 g/mol. The number of hydrogen-bond acceptors (Lipinski definition) is 2. The number of hydrogen-bond donors (Lipinski definition) is 1. The van der Waals surface area contributed by atoms with Gasteiger partial charge in [0.1, 0.15) is 6.10 Å². The largest absolute Gasteiger partial charge is 0.413 e. The van der Waals surface area contributed by atoms with Gasteiger partial charge in [0.25, 0.3) is 0 Å². The molecule has 146 valence electrons. The molecule has 0 aliphatic rings. The quantitative estimate of drug-likeness (QED) is 0.186. The van der Waals surface area contributed by atoms with E-state index in [-0.39, 0.29) is 11.1 Å². The van der Waals surface area contributed by atoms with Crippen molar-refractivity contribution >= 4 is 8.32 Å². The minimum absolute atomic E-state index is 0.202. The molecule has 3 heteroatoms. The zero-order chi connectivity index (χ0) is 19.3. The van der Waals surface area contributed by atoms with E-state index in [0.29, 0.717) is 0 Å². The maximum atomic E-state index is 9.35. The maximum Gasteiger partial charge on any atom is 0.192 e. The zero-order valence-electron chi connectivity index (χ0n) is 17.7. The lowest BCUT2D eigenvalue weighted by molar-refractivity contribution is 0.171. The standard InChI is InChI=1S/C22H42O2Si/c1-8-9-10-11-12-13-14-15-18-21(19-16-17-20(2)23)24-25(6,7)22(3,4)5/h8,20-21,23H,1,9-15,18-19H2,2-7H3/t20?,21-/m1/s1. The average Bonchev–Trinajstić information content (AvgIpc) is 2.47. The molecule has 25 heavy (non-hydrogen) atoms. The molecule has 0 amide bonds. The first-order chi connectivity index (χ1) is 11.6. The van der Waals surface area contributed by atoms with Gasteiger partial charge < -0.3 is 9.53 Å². The van der Waals surface area contributed by atoms with Crippen molar-refractivity contribution in [1.29, 1.82) is 0 Å². The fraction of sp³-hybridized carbons (Fsp3) is 0.818. The second-order valence-corrected chi connectivity index (χ2v) is 13.4. The van der Waals surface area contributed by atoms with E-state index in [9.17, 15) is 5.11 Å². The highest BCUT2D eigenvalue weighted by Crippen LogP contribution is 2.38. The van der Waals surface area contributed by atoms with E-state index in [2.05, 4.69) is 52.3 Å². The van der Waals surface area contributed by atoms with Gasteiger partial charge in [-0.1, -0.05) is 70.8 Å². The molecule has 0 saturated carbocycles. The number of aliphatic hydroxyl groups excluding tert-OH is 1. The summed E-state index contributed by atoms with van der Waals surface area (Å²) in [6, 6.07) is 0. The van der Waals surface area contributed by atoms with Crippen LogP contribution in [0.15, 0.2) is 12.7 Å². The van der Waals surface area contributed by atoms with Gasteiger partial charge in [0.05, 0.1) is 6.10 Å². The van der Waals surface area contributed by atoms with Crippen LogP contribution in [0.2, 0.25) is 18.1 Å². The fourth-order valence-electron chi connectivity index (χ4n) is 2.48. The van der Waals surface area contributed by atoms with Gasteiger partial charge in [-0.2, -0.15) is 0 Å². The molecule has 0 aromatic heterocycles. The summed E-state index contributed by atoms with van der Waals surface area (Å²) in [5.41, 5.74) is 0. The highest BCUT2D eigenvalue weighted by atomic mass is 28.4. The second-order valence-electron chi connectivity index (χ2n) is 8.69. The van der Waals surface area contributed by atoms with Gasteiger partial charge in [-0.05, 0) is 44.3 Å². The van der Waals surface area contributed by atoms with E-state index in [1.54, 1.807) is 6.92 Å². The molecule has 2 nitrogen and oxygen atoms in total. The Bertz CT molecular complexity index is 410. The van der Waals surface area contributed by atoms with E-state index in [4.69, 9.17) is 4.43 Å². The topological polar surface area (TPSA) is 29.5 Å². The van der Waals surface area contributed by atoms with E-state index >= 15 is 0 Å². The molecule has 0 aromatic rings. The van der Waals surface area contributed by atoms with Crippen LogP contribution in [0.4, 0.5) is 0 Å². The van der Waals surface area contributed by atoms with Crippen molar-refractivity contribution in [3.05, 3.63) is 12.7 Å². The summed E-state index contributed by atoms with van der Waals surface area (Å²) in [5, 5.41) is 9.57. The number of unbranched alkanes of at least 4 members (excludes halogenated alkanes) is 6. The molecule has 1 N–H and O–H groups in total. The Morgan fingerprint density at radius 2 is 1.64 bits per heavy atom. The van der Waals surface area contributed by atoms with Gasteiger partial charge in [0.15, 0.2) is 8.32 Å². The molecule has 0 heterocycles. The van der Waals surface area contributed by atoms with Crippen LogP contribution in [0.5, 0.6) is 0 Å². The van der Waals surface area contributed by atoms with E-state index in [1.807, 2.05) is 6.08 Å². The van der Waals surface area contributed by atoms with Gasteiger partial charge in [0.2, 0.25) is 0 Å². The SMILES string of the molecule is C=CCCCCCCCC[C@H](CC#CC(C)O)O[Si](C)(C)C(C)(C)C. The summed E-state index contributed by atoms with van der Waals surface area (Å²) < 4.78 is 6.59. The molecular formula is C22H42O2Si. The second kappa shape index (κ2) is 12.7. The van der Waals surface area contributed by atoms with Gasteiger partial charge in [-0.15, -0.1) is 6.58 Å². The molecule has 0 fully saturated rings. The van der Waals surface area contributed by atoms with Crippen LogP contribution < -0.4 is 0 Å². The molecule has 1 unspecified atom stereocenters. The van der Waals surface area contributed by atoms with Gasteiger partial charge in [0, 0.05) is 6.42 Å². The van der Waals surface area contributed by atoms with Crippen LogP contribution in [-0.4, -0.2) is 25.6 Å². The molecule has 0 rings (SSSR count). The highest BCUT2D eigenvalue weighted by Gasteiger charge is 2.38. The molecule has 0 aliphatic carbocycles. The van der Waals surface area contributed by atoms with Crippen molar-refractivity contribution in [3.8, 4) is 11.8 Å². The summed E-state index contributed by atoms with van der Waals surface area (Å²) >= 11 is 0. The third-order valence-corrected chi connectivity index (χ3v) is 9.63. The lowest BCUT2D eigenvalue weighted by atomic mass is 10.0. The summed E-state index contributed by atoms with van der Waals surface area (Å²) in [7, 11) is -1.78. The molecule has 0 aliphatic heterocycles. The van der Waals surface area contributed by atoms with Crippen LogP contribution in [0.25, 0.3) is 0 Å². The molecule has 0 spiro atoms. The highest BCUT2D eigenvalue weighted by molar-refractivity contribution is 6.74. The predicted molar refractivity (Wildman–Crippen MR) is 113 cm³/mol. The van der Waals surface area contributed by atoms with E-state index < -0.39 is 14.4 Å². The third-order valence-electron chi connectivity index (χ3n) is 5.09. The lowest BCUT2D eigenvalue weighted by Crippen LogP contribution is -2.43. The van der Waals surface area contributed by atoms with E-state index in [0.717, 1.165) is 19.3 Å². The molecular weight excluding hydrogens is 324 g/mol. The van der Waals surface area contributed by atoms with Crippen molar-refractivity contribution in [2.45, 2.75) is 116 Å². The van der Waals surface area contributed by atoms with Gasteiger partial charge in [-0.3, -0.25) is 0 Å². The Morgan fingerprint density at radius 3 is 2.16 bits per heavy atom. The third kappa shape index (κ3) is 12.4. The Hall–Kier alpha value is -0.563. The zero-order valence-corrected chi connectivity index (χ0v) is 18.7. The molecule has 0 bridgehead atoms. The first-order valence-corrected chi connectivity index (χ1v) is 13.0. The van der Waals surface area contributed by atoms with Gasteiger partial charge in [-0.25, -0.2) is 0 Å². The Kier molecular flexibility index (Phi) is 12.4. The average molecular weight is 367 g/mol. The summed E-state index contributed by atoms with van der Waals surface area (Å²) in [4.78, 5) is 0. The minimum atomic E-state index is -1.78. The van der Waals surface area contributed by atoms with Crippen molar-refractivity contribution in [2.24, 2.45) is 0 Å². The minimum Gasteiger partial charge on any atom is -0.413 e. The van der Waals surface area contributed by atoms with Crippen LogP contribution >= 0.6 is 0 Å². The maximum absolute atomic E-state index is 9.35. The summed E-state index contributed by atoms with van der Waals surface area (Å²) in [6.07, 6.45) is 12.3. The summed E-state index contributed by atoms with van der Waals surface area (Å²) in [5.74, 6) is 5.99. The lowest BCUT2D eigenvalue weighted by Gasteiger charge is -2.39. The first kappa shape index (κ1) is 24.4. The summed E-state index contributed by atoms with van der Waals surface area (Å²) in [6.45, 7) is 16.9. The van der Waals surface area contributed by atoms with Crippen LogP contribution in [0.1, 0.15) is 85.5 Å². The van der Waals surface area contributed by atoms with E-state index in [1.165, 1.54) is 38.5 Å². The first-order valence-electron chi connectivity index (χ1n) is 10.1. The molecule has 0 aromatic carbocycles. The molecule has 0 saturated heterocycles.